The number of para-hydroxylation sites is 1. The number of aliphatic imine (C=N–C) groups is 1. The van der Waals surface area contributed by atoms with Gasteiger partial charge in [-0.05, 0) is 44.2 Å². The summed E-state index contributed by atoms with van der Waals surface area (Å²) in [7, 11) is 0. The van der Waals surface area contributed by atoms with Crippen molar-refractivity contribution in [3.05, 3.63) is 90.0 Å². The number of benzene rings is 3. The maximum atomic E-state index is 13.2. The van der Waals surface area contributed by atoms with Gasteiger partial charge in [-0.25, -0.2) is 0 Å². The van der Waals surface area contributed by atoms with Gasteiger partial charge in [-0.1, -0.05) is 48.5 Å². The van der Waals surface area contributed by atoms with Crippen LogP contribution in [0.3, 0.4) is 0 Å². The fourth-order valence-electron chi connectivity index (χ4n) is 3.71. The molecule has 3 aromatic carbocycles. The number of carbonyl (C=O) groups excluding carboxylic acids is 2. The van der Waals surface area contributed by atoms with Gasteiger partial charge in [-0.3, -0.25) is 14.6 Å². The van der Waals surface area contributed by atoms with Crippen molar-refractivity contribution in [1.82, 2.24) is 0 Å². The highest BCUT2D eigenvalue weighted by molar-refractivity contribution is 6.20. The number of hydrogen-bond donors (Lipinski definition) is 1. The molecule has 0 saturated heterocycles. The van der Waals surface area contributed by atoms with Gasteiger partial charge in [0.1, 0.15) is 18.3 Å². The third-order valence-corrected chi connectivity index (χ3v) is 5.19. The van der Waals surface area contributed by atoms with E-state index in [4.69, 9.17) is 9.73 Å². The second-order valence-corrected chi connectivity index (χ2v) is 7.47. The van der Waals surface area contributed by atoms with Crippen LogP contribution < -0.4 is 15.0 Å². The molecule has 0 fully saturated rings. The van der Waals surface area contributed by atoms with Crippen LogP contribution in [-0.2, 0) is 9.59 Å². The topological polar surface area (TPSA) is 71.0 Å². The largest absolute Gasteiger partial charge is 0.494 e. The summed E-state index contributed by atoms with van der Waals surface area (Å²) in [6.07, 6.45) is 0. The summed E-state index contributed by atoms with van der Waals surface area (Å²) in [5, 5.41) is 2.86. The Bertz CT molecular complexity index is 1140. The van der Waals surface area contributed by atoms with Crippen LogP contribution in [0.4, 0.5) is 11.4 Å². The number of fused-ring (bicyclic) bond motifs is 1. The molecule has 0 bridgehead atoms. The Hall–Kier alpha value is -3.93. The molecular formula is C26H25N3O3. The van der Waals surface area contributed by atoms with Gasteiger partial charge in [0.25, 0.3) is 5.91 Å². The molecule has 1 aliphatic rings. The molecule has 0 radical (unpaired) electrons. The van der Waals surface area contributed by atoms with Gasteiger partial charge in [0.2, 0.25) is 5.91 Å². The minimum Gasteiger partial charge on any atom is -0.494 e. The molecule has 1 aliphatic heterocycles. The fraction of sp³-hybridized carbons (Fsp3) is 0.192. The molecule has 0 unspecified atom stereocenters. The Balaban J connectivity index is 1.60. The number of hydrogen-bond acceptors (Lipinski definition) is 4. The first-order valence-electron chi connectivity index (χ1n) is 10.6. The first-order chi connectivity index (χ1) is 15.6. The van der Waals surface area contributed by atoms with Crippen molar-refractivity contribution in [2.75, 3.05) is 23.4 Å². The summed E-state index contributed by atoms with van der Waals surface area (Å²) >= 11 is 0. The zero-order valence-corrected chi connectivity index (χ0v) is 18.1. The minimum absolute atomic E-state index is 0.106. The molecule has 32 heavy (non-hydrogen) atoms. The summed E-state index contributed by atoms with van der Waals surface area (Å²) in [5.41, 5.74) is 3.82. The van der Waals surface area contributed by atoms with Gasteiger partial charge in [0.05, 0.1) is 18.0 Å². The Kier molecular flexibility index (Phi) is 6.31. The Morgan fingerprint density at radius 2 is 1.69 bits per heavy atom. The summed E-state index contributed by atoms with van der Waals surface area (Å²) in [5.74, 6) is 0.236. The lowest BCUT2D eigenvalue weighted by Gasteiger charge is -2.24. The van der Waals surface area contributed by atoms with Crippen LogP contribution in [-0.4, -0.2) is 36.7 Å². The van der Waals surface area contributed by atoms with Crippen LogP contribution in [0.25, 0.3) is 0 Å². The Morgan fingerprint density at radius 1 is 1.00 bits per heavy atom. The van der Waals surface area contributed by atoms with E-state index in [-0.39, 0.29) is 18.4 Å². The van der Waals surface area contributed by atoms with E-state index in [0.717, 1.165) is 22.6 Å². The number of carbonyl (C=O) groups is 2. The maximum Gasteiger partial charge on any atom is 0.252 e. The van der Waals surface area contributed by atoms with Crippen LogP contribution in [0.15, 0.2) is 83.9 Å². The lowest BCUT2D eigenvalue weighted by atomic mass is 10.0. The van der Waals surface area contributed by atoms with Crippen molar-refractivity contribution in [1.29, 1.82) is 0 Å². The van der Waals surface area contributed by atoms with Crippen molar-refractivity contribution >= 4 is 28.9 Å². The molecule has 1 heterocycles. The standard InChI is InChI=1S/C26H25N3O3/c1-3-32-21-15-13-20(14-16-21)28-24(30)17-29-23-12-8-7-11-22(23)25(27-18(2)26(29)31)19-9-5-4-6-10-19/h4-16,18H,3,17H2,1-2H3,(H,28,30)/t18-/m0/s1. The maximum absolute atomic E-state index is 13.2. The summed E-state index contributed by atoms with van der Waals surface area (Å²) in [4.78, 5) is 32.3. The molecule has 0 saturated carbocycles. The highest BCUT2D eigenvalue weighted by Gasteiger charge is 2.30. The zero-order chi connectivity index (χ0) is 22.5. The van der Waals surface area contributed by atoms with E-state index in [9.17, 15) is 9.59 Å². The van der Waals surface area contributed by atoms with E-state index in [1.807, 2.05) is 61.5 Å². The highest BCUT2D eigenvalue weighted by atomic mass is 16.5. The lowest BCUT2D eigenvalue weighted by molar-refractivity contribution is -0.122. The van der Waals surface area contributed by atoms with Crippen molar-refractivity contribution in [2.45, 2.75) is 19.9 Å². The van der Waals surface area contributed by atoms with Crippen LogP contribution in [0, 0.1) is 0 Å². The number of benzodiazepines with no additional fused rings is 1. The van der Waals surface area contributed by atoms with Crippen LogP contribution in [0.1, 0.15) is 25.0 Å². The number of nitrogens with zero attached hydrogens (tertiary/aromatic N) is 2. The molecule has 0 aliphatic carbocycles. The smallest absolute Gasteiger partial charge is 0.252 e. The molecule has 6 nitrogen and oxygen atoms in total. The van der Waals surface area contributed by atoms with Crippen molar-refractivity contribution < 1.29 is 14.3 Å². The van der Waals surface area contributed by atoms with Crippen molar-refractivity contribution in [2.24, 2.45) is 4.99 Å². The van der Waals surface area contributed by atoms with Gasteiger partial charge in [-0.15, -0.1) is 0 Å². The Labute approximate surface area is 187 Å². The number of rotatable bonds is 6. The fourth-order valence-corrected chi connectivity index (χ4v) is 3.71. The summed E-state index contributed by atoms with van der Waals surface area (Å²) in [6, 6.07) is 23.9. The van der Waals surface area contributed by atoms with E-state index in [0.29, 0.717) is 18.0 Å². The average Bonchev–Trinajstić information content (AvgIpc) is 2.92. The van der Waals surface area contributed by atoms with Crippen molar-refractivity contribution in [3.63, 3.8) is 0 Å². The lowest BCUT2D eigenvalue weighted by Crippen LogP contribution is -2.42. The predicted molar refractivity (Wildman–Crippen MR) is 127 cm³/mol. The monoisotopic (exact) mass is 427 g/mol. The second-order valence-electron chi connectivity index (χ2n) is 7.47. The third kappa shape index (κ3) is 4.54. The molecule has 1 N–H and O–H groups in total. The van der Waals surface area contributed by atoms with Gasteiger partial charge < -0.3 is 15.0 Å². The first kappa shape index (κ1) is 21.3. The SMILES string of the molecule is CCOc1ccc(NC(=O)CN2C(=O)[C@H](C)N=C(c3ccccc3)c3ccccc32)cc1. The van der Waals surface area contributed by atoms with Gasteiger partial charge in [0, 0.05) is 16.8 Å². The molecule has 2 amide bonds. The van der Waals surface area contributed by atoms with Crippen molar-refractivity contribution in [3.8, 4) is 5.75 Å². The number of anilines is 2. The second kappa shape index (κ2) is 9.47. The number of amides is 2. The normalized spacial score (nSPS) is 15.4. The van der Waals surface area contributed by atoms with E-state index < -0.39 is 6.04 Å². The predicted octanol–water partition coefficient (Wildman–Crippen LogP) is 4.30. The van der Waals surface area contributed by atoms with E-state index in [1.54, 1.807) is 31.2 Å². The molecular weight excluding hydrogens is 402 g/mol. The first-order valence-corrected chi connectivity index (χ1v) is 10.6. The van der Waals surface area contributed by atoms with E-state index in [2.05, 4.69) is 5.32 Å². The molecule has 3 aromatic rings. The van der Waals surface area contributed by atoms with Gasteiger partial charge in [-0.2, -0.15) is 0 Å². The molecule has 6 heteroatoms. The van der Waals surface area contributed by atoms with Gasteiger partial charge >= 0.3 is 0 Å². The number of nitrogens with one attached hydrogen (secondary N) is 1. The molecule has 0 spiro atoms. The average molecular weight is 428 g/mol. The van der Waals surface area contributed by atoms with Crippen LogP contribution in [0.5, 0.6) is 5.75 Å². The van der Waals surface area contributed by atoms with Crippen LogP contribution in [0.2, 0.25) is 0 Å². The molecule has 4 rings (SSSR count). The minimum atomic E-state index is -0.615. The number of ether oxygens (including phenoxy) is 1. The third-order valence-electron chi connectivity index (χ3n) is 5.19. The van der Waals surface area contributed by atoms with E-state index in [1.165, 1.54) is 4.90 Å². The Morgan fingerprint density at radius 3 is 2.41 bits per heavy atom. The summed E-state index contributed by atoms with van der Waals surface area (Å²) < 4.78 is 5.43. The highest BCUT2D eigenvalue weighted by Crippen LogP contribution is 2.28. The summed E-state index contributed by atoms with van der Waals surface area (Å²) in [6.45, 7) is 4.15. The molecule has 162 valence electrons. The zero-order valence-electron chi connectivity index (χ0n) is 18.1. The van der Waals surface area contributed by atoms with Gasteiger partial charge in [0.15, 0.2) is 0 Å². The quantitative estimate of drug-likeness (QED) is 0.638. The molecule has 1 atom stereocenters. The van der Waals surface area contributed by atoms with E-state index >= 15 is 0 Å². The van der Waals surface area contributed by atoms with Crippen LogP contribution >= 0.6 is 0 Å². The molecule has 0 aromatic heterocycles.